The number of rotatable bonds is 5. The average molecular weight is 525 g/mol. The molecule has 7 rings (SSSR count). The van der Waals surface area contributed by atoms with E-state index in [0.717, 1.165) is 42.1 Å². The van der Waals surface area contributed by atoms with Gasteiger partial charge in [0.15, 0.2) is 5.82 Å². The third-order valence-electron chi connectivity index (χ3n) is 8.18. The smallest absolute Gasteiger partial charge is 0.319 e. The van der Waals surface area contributed by atoms with E-state index in [-0.39, 0.29) is 6.04 Å². The van der Waals surface area contributed by atoms with Crippen LogP contribution in [0.25, 0.3) is 31.4 Å². The normalized spacial score (nSPS) is 19.9. The standard InChI is InChI=1S/C30H32N6OS/c1-19-7-4-8-21-9-5-11-24(27(19)21)26-13-25-28(38-26)29(36-16-23-14-31-18-35(23)15-20(36)2)33-30(32-25)37-17-22-10-6-12-34(22)3/h4-5,7-9,11,13-14,18,20,22H,6,10,12,15-17H2,1-3H3/t20-,22+/m1/s1. The van der Waals surface area contributed by atoms with Crippen molar-refractivity contribution in [3.8, 4) is 16.5 Å². The van der Waals surface area contributed by atoms with E-state index >= 15 is 0 Å². The van der Waals surface area contributed by atoms with Gasteiger partial charge >= 0.3 is 6.01 Å². The third kappa shape index (κ3) is 4.03. The number of aromatic nitrogens is 4. The van der Waals surface area contributed by atoms with E-state index < -0.39 is 0 Å². The van der Waals surface area contributed by atoms with Crippen LogP contribution >= 0.6 is 11.3 Å². The lowest BCUT2D eigenvalue weighted by Gasteiger charge is -2.35. The van der Waals surface area contributed by atoms with Gasteiger partial charge in [0.25, 0.3) is 0 Å². The van der Waals surface area contributed by atoms with E-state index in [1.807, 2.05) is 12.5 Å². The quantitative estimate of drug-likeness (QED) is 0.285. The maximum Gasteiger partial charge on any atom is 0.319 e. The van der Waals surface area contributed by atoms with Crippen LogP contribution in [0.3, 0.4) is 0 Å². The molecule has 0 N–H and O–H groups in total. The van der Waals surface area contributed by atoms with Crippen LogP contribution in [0, 0.1) is 6.92 Å². The molecule has 1 fully saturated rings. The van der Waals surface area contributed by atoms with Crippen LogP contribution in [0.15, 0.2) is 55.0 Å². The Balaban J connectivity index is 1.35. The highest BCUT2D eigenvalue weighted by atomic mass is 32.1. The van der Waals surface area contributed by atoms with E-state index in [9.17, 15) is 0 Å². The number of likely N-dealkylation sites (tertiary alicyclic amines) is 1. The Morgan fingerprint density at radius 3 is 2.84 bits per heavy atom. The summed E-state index contributed by atoms with van der Waals surface area (Å²) in [5.74, 6) is 0.956. The van der Waals surface area contributed by atoms with Crippen LogP contribution in [0.1, 0.15) is 31.0 Å². The van der Waals surface area contributed by atoms with Crippen LogP contribution in [0.4, 0.5) is 5.82 Å². The zero-order valence-electron chi connectivity index (χ0n) is 22.1. The van der Waals surface area contributed by atoms with Gasteiger partial charge in [-0.3, -0.25) is 0 Å². The van der Waals surface area contributed by atoms with Crippen molar-refractivity contribution in [2.75, 3.05) is 25.1 Å². The van der Waals surface area contributed by atoms with Gasteiger partial charge in [0.1, 0.15) is 6.61 Å². The van der Waals surface area contributed by atoms with Crippen LogP contribution in [0.2, 0.25) is 0 Å². The van der Waals surface area contributed by atoms with Crippen molar-refractivity contribution in [1.82, 2.24) is 24.4 Å². The second-order valence-electron chi connectivity index (χ2n) is 10.7. The molecule has 0 aliphatic carbocycles. The third-order valence-corrected chi connectivity index (χ3v) is 9.34. The number of likely N-dealkylation sites (N-methyl/N-ethyl adjacent to an activating group) is 1. The SMILES string of the molecule is Cc1cccc2cccc(-c3cc4nc(OC[C@@H]5CCCN5C)nc(N5Cc6cncn6C[C@H]5C)c4s3)c12. The molecule has 2 aliphatic rings. The minimum absolute atomic E-state index is 0.272. The lowest BCUT2D eigenvalue weighted by molar-refractivity contribution is 0.188. The van der Waals surface area contributed by atoms with Crippen LogP contribution in [-0.4, -0.2) is 56.7 Å². The predicted octanol–water partition coefficient (Wildman–Crippen LogP) is 5.90. The minimum Gasteiger partial charge on any atom is -0.462 e. The summed E-state index contributed by atoms with van der Waals surface area (Å²) < 4.78 is 9.64. The van der Waals surface area contributed by atoms with Gasteiger partial charge in [0.2, 0.25) is 0 Å². The Labute approximate surface area is 226 Å². The van der Waals surface area contributed by atoms with Gasteiger partial charge < -0.3 is 19.1 Å². The summed E-state index contributed by atoms with van der Waals surface area (Å²) in [6, 6.07) is 16.4. The van der Waals surface area contributed by atoms with Crippen LogP contribution in [0.5, 0.6) is 6.01 Å². The minimum atomic E-state index is 0.272. The molecule has 0 radical (unpaired) electrons. The Hall–Kier alpha value is -3.49. The lowest BCUT2D eigenvalue weighted by atomic mass is 9.99. The molecule has 38 heavy (non-hydrogen) atoms. The van der Waals surface area contributed by atoms with Gasteiger partial charge in [-0.2, -0.15) is 9.97 Å². The van der Waals surface area contributed by atoms with Crippen LogP contribution < -0.4 is 9.64 Å². The number of benzene rings is 2. The summed E-state index contributed by atoms with van der Waals surface area (Å²) in [4.78, 5) is 20.4. The summed E-state index contributed by atoms with van der Waals surface area (Å²) in [6.07, 6.45) is 6.26. The van der Waals surface area contributed by atoms with Crippen molar-refractivity contribution < 1.29 is 4.74 Å². The summed E-state index contributed by atoms with van der Waals surface area (Å²) in [5.41, 5.74) is 4.67. The highest BCUT2D eigenvalue weighted by Crippen LogP contribution is 2.42. The molecule has 194 valence electrons. The molecule has 7 nitrogen and oxygen atoms in total. The molecule has 0 amide bonds. The predicted molar refractivity (Wildman–Crippen MR) is 154 cm³/mol. The van der Waals surface area contributed by atoms with Crippen molar-refractivity contribution in [1.29, 1.82) is 0 Å². The number of fused-ring (bicyclic) bond motifs is 3. The second kappa shape index (κ2) is 9.36. The summed E-state index contributed by atoms with van der Waals surface area (Å²) in [6.45, 7) is 7.82. The van der Waals surface area contributed by atoms with Crippen molar-refractivity contribution in [2.45, 2.75) is 51.9 Å². The first-order chi connectivity index (χ1) is 18.5. The lowest BCUT2D eigenvalue weighted by Crippen LogP contribution is -2.41. The fourth-order valence-electron chi connectivity index (χ4n) is 6.02. The Morgan fingerprint density at radius 2 is 2.00 bits per heavy atom. The van der Waals surface area contributed by atoms with Crippen molar-refractivity contribution in [3.63, 3.8) is 0 Å². The van der Waals surface area contributed by atoms with Gasteiger partial charge in [0, 0.05) is 29.7 Å². The fourth-order valence-corrected chi connectivity index (χ4v) is 7.16. The molecular formula is C30H32N6OS. The molecular weight excluding hydrogens is 492 g/mol. The number of ether oxygens (including phenoxy) is 1. The molecule has 3 aromatic heterocycles. The molecule has 0 bridgehead atoms. The monoisotopic (exact) mass is 524 g/mol. The van der Waals surface area contributed by atoms with Crippen LogP contribution in [-0.2, 0) is 13.1 Å². The average Bonchev–Trinajstić information content (AvgIpc) is 3.66. The van der Waals surface area contributed by atoms with Gasteiger partial charge in [-0.15, -0.1) is 11.3 Å². The number of nitrogens with zero attached hydrogens (tertiary/aromatic N) is 6. The van der Waals surface area contributed by atoms with E-state index in [2.05, 4.69) is 82.7 Å². The number of thiophene rings is 1. The Morgan fingerprint density at radius 1 is 1.13 bits per heavy atom. The van der Waals surface area contributed by atoms with E-state index in [0.29, 0.717) is 18.7 Å². The molecule has 2 atom stereocenters. The first-order valence-corrected chi connectivity index (χ1v) is 14.3. The van der Waals surface area contributed by atoms with Crippen molar-refractivity contribution in [3.05, 3.63) is 66.2 Å². The molecule has 0 spiro atoms. The zero-order valence-corrected chi connectivity index (χ0v) is 22.9. The highest BCUT2D eigenvalue weighted by molar-refractivity contribution is 7.22. The molecule has 5 heterocycles. The van der Waals surface area contributed by atoms with Gasteiger partial charge in [-0.25, -0.2) is 4.98 Å². The zero-order chi connectivity index (χ0) is 25.8. The summed E-state index contributed by atoms with van der Waals surface area (Å²) in [5, 5.41) is 2.56. The molecule has 0 unspecified atom stereocenters. The fraction of sp³-hybridized carbons (Fsp3) is 0.367. The van der Waals surface area contributed by atoms with Crippen molar-refractivity contribution >= 4 is 38.1 Å². The van der Waals surface area contributed by atoms with Gasteiger partial charge in [-0.05, 0) is 68.2 Å². The topological polar surface area (TPSA) is 59.3 Å². The molecule has 5 aromatic rings. The number of imidazole rings is 1. The molecule has 0 saturated carbocycles. The maximum absolute atomic E-state index is 6.29. The second-order valence-corrected chi connectivity index (χ2v) is 11.8. The number of hydrogen-bond acceptors (Lipinski definition) is 7. The molecule has 8 heteroatoms. The first-order valence-electron chi connectivity index (χ1n) is 13.4. The van der Waals surface area contributed by atoms with Gasteiger partial charge in [-0.1, -0.05) is 36.4 Å². The van der Waals surface area contributed by atoms with Crippen molar-refractivity contribution in [2.24, 2.45) is 0 Å². The van der Waals surface area contributed by atoms with E-state index in [1.54, 1.807) is 11.3 Å². The molecule has 1 saturated heterocycles. The Bertz CT molecular complexity index is 1640. The highest BCUT2D eigenvalue weighted by Gasteiger charge is 2.28. The molecule has 2 aromatic carbocycles. The van der Waals surface area contributed by atoms with E-state index in [4.69, 9.17) is 14.7 Å². The number of anilines is 1. The largest absolute Gasteiger partial charge is 0.462 e. The Kier molecular flexibility index (Phi) is 5.82. The number of hydrogen-bond donors (Lipinski definition) is 0. The number of aryl methyl sites for hydroxylation is 1. The summed E-state index contributed by atoms with van der Waals surface area (Å²) >= 11 is 1.78. The maximum atomic E-state index is 6.29. The van der Waals surface area contributed by atoms with Gasteiger partial charge in [0.05, 0.1) is 28.8 Å². The molecule has 2 aliphatic heterocycles. The first kappa shape index (κ1) is 23.6. The summed E-state index contributed by atoms with van der Waals surface area (Å²) in [7, 11) is 2.17. The van der Waals surface area contributed by atoms with E-state index in [1.165, 1.54) is 38.9 Å².